The Bertz CT molecular complexity index is 493. The maximum absolute atomic E-state index is 10.4. The highest BCUT2D eigenvalue weighted by Crippen LogP contribution is 2.30. The first-order chi connectivity index (χ1) is 11.7. The van der Waals surface area contributed by atoms with Crippen molar-refractivity contribution >= 4 is 18.4 Å². The van der Waals surface area contributed by atoms with Crippen molar-refractivity contribution in [2.45, 2.75) is 63.1 Å². The highest BCUT2D eigenvalue weighted by atomic mass is 32.2. The Morgan fingerprint density at radius 1 is 1.38 bits per heavy atom. The van der Waals surface area contributed by atoms with Gasteiger partial charge in [-0.1, -0.05) is 18.9 Å². The fourth-order valence-corrected chi connectivity index (χ4v) is 3.57. The highest BCUT2D eigenvalue weighted by molar-refractivity contribution is 7.96. The lowest BCUT2D eigenvalue weighted by Crippen LogP contribution is -2.26. The van der Waals surface area contributed by atoms with E-state index in [1.807, 2.05) is 36.5 Å². The van der Waals surface area contributed by atoms with Gasteiger partial charge in [0.05, 0.1) is 12.2 Å². The zero-order chi connectivity index (χ0) is 17.2. The van der Waals surface area contributed by atoms with Crippen molar-refractivity contribution in [2.24, 2.45) is 0 Å². The van der Waals surface area contributed by atoms with E-state index < -0.39 is 0 Å². The Kier molecular flexibility index (Phi) is 8.42. The molecule has 0 bridgehead atoms. The minimum absolute atomic E-state index is 0.158. The Morgan fingerprint density at radius 3 is 2.88 bits per heavy atom. The number of rotatable bonds is 11. The predicted octanol–water partition coefficient (Wildman–Crippen LogP) is 3.79. The molecule has 134 valence electrons. The summed E-state index contributed by atoms with van der Waals surface area (Å²) in [4.78, 5) is 17.6. The average Bonchev–Trinajstić information content (AvgIpc) is 3.04. The Hall–Kier alpha value is -1.24. The van der Waals surface area contributed by atoms with Crippen LogP contribution >= 0.6 is 11.9 Å². The Morgan fingerprint density at radius 2 is 2.17 bits per heavy atom. The quantitative estimate of drug-likeness (QED) is 0.284. The van der Waals surface area contributed by atoms with Gasteiger partial charge in [0.1, 0.15) is 5.75 Å². The SMILES string of the molecule is CC(C)Oc1cccc(SN(CCCNC=O)OC2CCCC2)c1. The van der Waals surface area contributed by atoms with Gasteiger partial charge in [0.2, 0.25) is 6.41 Å². The summed E-state index contributed by atoms with van der Waals surface area (Å²) in [5.74, 6) is 0.874. The molecule has 0 saturated heterocycles. The molecule has 1 aromatic rings. The molecule has 0 aromatic heterocycles. The molecule has 5 nitrogen and oxygen atoms in total. The molecule has 0 spiro atoms. The topological polar surface area (TPSA) is 50.8 Å². The summed E-state index contributed by atoms with van der Waals surface area (Å²) in [5, 5.41) is 2.70. The first-order valence-corrected chi connectivity index (χ1v) is 9.50. The summed E-state index contributed by atoms with van der Waals surface area (Å²) in [5.41, 5.74) is 0. The lowest BCUT2D eigenvalue weighted by molar-refractivity contribution is -0.122. The third-order valence-electron chi connectivity index (χ3n) is 3.70. The number of hydrogen-bond acceptors (Lipinski definition) is 5. The molecule has 1 fully saturated rings. The van der Waals surface area contributed by atoms with Crippen molar-refractivity contribution in [3.05, 3.63) is 24.3 Å². The van der Waals surface area contributed by atoms with Crippen molar-refractivity contribution in [1.82, 2.24) is 9.79 Å². The first-order valence-electron chi connectivity index (χ1n) is 8.73. The van der Waals surface area contributed by atoms with Gasteiger partial charge in [-0.25, -0.2) is 0 Å². The number of amides is 1. The van der Waals surface area contributed by atoms with Gasteiger partial charge in [-0.2, -0.15) is 0 Å². The van der Waals surface area contributed by atoms with Crippen LogP contribution in [0.2, 0.25) is 0 Å². The van der Waals surface area contributed by atoms with E-state index in [-0.39, 0.29) is 6.10 Å². The van der Waals surface area contributed by atoms with Crippen LogP contribution in [0.25, 0.3) is 0 Å². The van der Waals surface area contributed by atoms with E-state index in [0.717, 1.165) is 42.9 Å². The number of nitrogens with one attached hydrogen (secondary N) is 1. The van der Waals surface area contributed by atoms with Crippen LogP contribution in [0.1, 0.15) is 46.0 Å². The second-order valence-electron chi connectivity index (χ2n) is 6.23. The summed E-state index contributed by atoms with van der Waals surface area (Å²) in [6.45, 7) is 5.47. The van der Waals surface area contributed by atoms with Crippen LogP contribution in [0.5, 0.6) is 5.75 Å². The number of carbonyl (C=O) groups is 1. The lowest BCUT2D eigenvalue weighted by Gasteiger charge is -2.24. The van der Waals surface area contributed by atoms with Crippen LogP contribution in [0.3, 0.4) is 0 Å². The van der Waals surface area contributed by atoms with Crippen LogP contribution in [-0.2, 0) is 9.63 Å². The van der Waals surface area contributed by atoms with Crippen molar-refractivity contribution in [3.8, 4) is 5.75 Å². The summed E-state index contributed by atoms with van der Waals surface area (Å²) in [7, 11) is 0. The van der Waals surface area contributed by atoms with Crippen LogP contribution < -0.4 is 10.1 Å². The number of hydroxylamine groups is 1. The molecule has 0 unspecified atom stereocenters. The largest absolute Gasteiger partial charge is 0.491 e. The normalized spacial score (nSPS) is 15.2. The average molecular weight is 353 g/mol. The van der Waals surface area contributed by atoms with Gasteiger partial charge in [-0.05, 0) is 63.3 Å². The first kappa shape index (κ1) is 19.1. The van der Waals surface area contributed by atoms with Gasteiger partial charge in [-0.15, -0.1) is 4.47 Å². The summed E-state index contributed by atoms with van der Waals surface area (Å²) in [6.07, 6.45) is 6.79. The van der Waals surface area contributed by atoms with Gasteiger partial charge in [0, 0.05) is 18.0 Å². The van der Waals surface area contributed by atoms with Crippen molar-refractivity contribution in [2.75, 3.05) is 13.1 Å². The number of hydrogen-bond donors (Lipinski definition) is 1. The lowest BCUT2D eigenvalue weighted by atomic mass is 10.3. The van der Waals surface area contributed by atoms with Gasteiger partial charge >= 0.3 is 0 Å². The van der Waals surface area contributed by atoms with E-state index in [4.69, 9.17) is 9.57 Å². The number of nitrogens with zero attached hydrogens (tertiary/aromatic N) is 1. The number of ether oxygens (including phenoxy) is 1. The van der Waals surface area contributed by atoms with Crippen molar-refractivity contribution in [1.29, 1.82) is 0 Å². The van der Waals surface area contributed by atoms with E-state index in [2.05, 4.69) is 11.4 Å². The summed E-state index contributed by atoms with van der Waals surface area (Å²) in [6, 6.07) is 8.08. The standard InChI is InChI=1S/C18H28N2O3S/c1-15(2)22-17-9-5-10-18(13-17)24-20(12-6-11-19-14-21)23-16-7-3-4-8-16/h5,9-10,13-16H,3-4,6-8,11-12H2,1-2H3,(H,19,21). The monoisotopic (exact) mass is 352 g/mol. The zero-order valence-electron chi connectivity index (χ0n) is 14.6. The van der Waals surface area contributed by atoms with Gasteiger partial charge in [0.25, 0.3) is 0 Å². The molecule has 1 aromatic carbocycles. The third-order valence-corrected chi connectivity index (χ3v) is 4.64. The van der Waals surface area contributed by atoms with Crippen molar-refractivity contribution < 1.29 is 14.4 Å². The highest BCUT2D eigenvalue weighted by Gasteiger charge is 2.20. The molecule has 0 radical (unpaired) electrons. The molecule has 2 rings (SSSR count). The zero-order valence-corrected chi connectivity index (χ0v) is 15.4. The van der Waals surface area contributed by atoms with Crippen LogP contribution in [0, 0.1) is 0 Å². The molecule has 1 aliphatic rings. The number of carbonyl (C=O) groups excluding carboxylic acids is 1. The molecule has 0 heterocycles. The van der Waals surface area contributed by atoms with E-state index >= 15 is 0 Å². The molecule has 0 atom stereocenters. The molecule has 1 amide bonds. The second kappa shape index (κ2) is 10.6. The van der Waals surface area contributed by atoms with Gasteiger partial charge in [-0.3, -0.25) is 9.63 Å². The maximum atomic E-state index is 10.4. The minimum Gasteiger partial charge on any atom is -0.491 e. The Labute approximate surface area is 149 Å². The summed E-state index contributed by atoms with van der Waals surface area (Å²) < 4.78 is 7.72. The van der Waals surface area contributed by atoms with Crippen LogP contribution in [0.15, 0.2) is 29.2 Å². The minimum atomic E-state index is 0.158. The van der Waals surface area contributed by atoms with Gasteiger partial charge < -0.3 is 10.1 Å². The van der Waals surface area contributed by atoms with E-state index in [1.54, 1.807) is 11.9 Å². The number of benzene rings is 1. The molecule has 6 heteroatoms. The smallest absolute Gasteiger partial charge is 0.207 e. The van der Waals surface area contributed by atoms with Crippen LogP contribution in [0.4, 0.5) is 0 Å². The van der Waals surface area contributed by atoms with Crippen LogP contribution in [-0.4, -0.2) is 36.2 Å². The fourth-order valence-electron chi connectivity index (χ4n) is 2.64. The van der Waals surface area contributed by atoms with E-state index in [9.17, 15) is 4.79 Å². The Balaban J connectivity index is 1.93. The molecular weight excluding hydrogens is 324 g/mol. The van der Waals surface area contributed by atoms with E-state index in [0.29, 0.717) is 12.6 Å². The third kappa shape index (κ3) is 7.11. The second-order valence-corrected chi connectivity index (χ2v) is 7.29. The summed E-state index contributed by atoms with van der Waals surface area (Å²) >= 11 is 1.59. The predicted molar refractivity (Wildman–Crippen MR) is 96.8 cm³/mol. The van der Waals surface area contributed by atoms with E-state index in [1.165, 1.54) is 12.8 Å². The molecule has 1 aliphatic carbocycles. The fraction of sp³-hybridized carbons (Fsp3) is 0.611. The molecular formula is C18H28N2O3S. The molecule has 0 aliphatic heterocycles. The molecule has 1 N–H and O–H groups in total. The molecule has 1 saturated carbocycles. The maximum Gasteiger partial charge on any atom is 0.207 e. The van der Waals surface area contributed by atoms with Gasteiger partial charge in [0.15, 0.2) is 0 Å². The van der Waals surface area contributed by atoms with Crippen molar-refractivity contribution in [3.63, 3.8) is 0 Å². The molecule has 24 heavy (non-hydrogen) atoms.